The maximum Gasteiger partial charge on any atom is 0.330 e. The van der Waals surface area contributed by atoms with Gasteiger partial charge in [-0.15, -0.1) is 0 Å². The molecule has 2 heterocycles. The van der Waals surface area contributed by atoms with Gasteiger partial charge in [0.2, 0.25) is 5.95 Å². The zero-order chi connectivity index (χ0) is 23.3. The maximum absolute atomic E-state index is 14.6. The molecule has 2 amide bonds. The molecule has 2 N–H and O–H groups in total. The summed E-state index contributed by atoms with van der Waals surface area (Å²) < 4.78 is 29.1. The van der Waals surface area contributed by atoms with E-state index in [0.29, 0.717) is 23.4 Å². The van der Waals surface area contributed by atoms with Crippen molar-refractivity contribution in [1.29, 1.82) is 0 Å². The predicted octanol–water partition coefficient (Wildman–Crippen LogP) is 3.85. The molecule has 2 saturated carbocycles. The van der Waals surface area contributed by atoms with Crippen LogP contribution in [0.25, 0.3) is 0 Å². The third-order valence-electron chi connectivity index (χ3n) is 6.82. The fourth-order valence-electron chi connectivity index (χ4n) is 4.78. The molecule has 8 nitrogen and oxygen atoms in total. The molecular weight excluding hydrogens is 430 g/mol. The van der Waals surface area contributed by atoms with Crippen molar-refractivity contribution in [2.45, 2.75) is 63.2 Å². The van der Waals surface area contributed by atoms with Gasteiger partial charge in [-0.25, -0.2) is 18.6 Å². The molecule has 0 spiro atoms. The van der Waals surface area contributed by atoms with Crippen LogP contribution in [-0.2, 0) is 6.54 Å². The number of rotatable bonds is 5. The Bertz CT molecular complexity index is 1070. The molecule has 2 fully saturated rings. The standard InChI is InChI=1S/C23H28F2N6O2/c1-29(2)15-5-3-14(4-6-15)27-22-26-11-13-12-30(20-17(24)9-10-18(32)19(20)25)23(33)31(16-7-8-16)21(13)28-22/h9-11,14-16,32H,3-8,12H2,1-2H3,(H,26,27,28). The highest BCUT2D eigenvalue weighted by Crippen LogP contribution is 2.41. The van der Waals surface area contributed by atoms with E-state index < -0.39 is 29.1 Å². The van der Waals surface area contributed by atoms with Crippen LogP contribution < -0.4 is 15.1 Å². The van der Waals surface area contributed by atoms with Crippen molar-refractivity contribution in [1.82, 2.24) is 14.9 Å². The van der Waals surface area contributed by atoms with Crippen molar-refractivity contribution in [3.63, 3.8) is 0 Å². The van der Waals surface area contributed by atoms with Crippen molar-refractivity contribution in [2.75, 3.05) is 29.2 Å². The van der Waals surface area contributed by atoms with Crippen LogP contribution in [0, 0.1) is 11.6 Å². The summed E-state index contributed by atoms with van der Waals surface area (Å²) >= 11 is 0. The molecule has 0 unspecified atom stereocenters. The van der Waals surface area contributed by atoms with Gasteiger partial charge in [0, 0.05) is 29.9 Å². The molecule has 2 aromatic rings. The van der Waals surface area contributed by atoms with Gasteiger partial charge in [-0.1, -0.05) is 0 Å². The van der Waals surface area contributed by atoms with E-state index in [0.717, 1.165) is 55.6 Å². The van der Waals surface area contributed by atoms with Crippen LogP contribution in [0.5, 0.6) is 5.75 Å². The summed E-state index contributed by atoms with van der Waals surface area (Å²) in [6, 6.07) is 2.11. The van der Waals surface area contributed by atoms with Crippen molar-refractivity contribution < 1.29 is 18.7 Å². The van der Waals surface area contributed by atoms with Gasteiger partial charge in [0.15, 0.2) is 11.6 Å². The average molecular weight is 459 g/mol. The van der Waals surface area contributed by atoms with Crippen LogP contribution in [0.3, 0.4) is 0 Å². The van der Waals surface area contributed by atoms with Gasteiger partial charge in [-0.3, -0.25) is 9.80 Å². The van der Waals surface area contributed by atoms with Crippen LogP contribution in [0.2, 0.25) is 0 Å². The number of amides is 2. The highest BCUT2D eigenvalue weighted by molar-refractivity contribution is 6.06. The van der Waals surface area contributed by atoms with E-state index in [-0.39, 0.29) is 18.6 Å². The zero-order valence-electron chi connectivity index (χ0n) is 18.8. The van der Waals surface area contributed by atoms with Crippen LogP contribution in [0.1, 0.15) is 44.1 Å². The fraction of sp³-hybridized carbons (Fsp3) is 0.522. The number of halogens is 2. The second-order valence-electron chi connectivity index (χ2n) is 9.35. The number of aromatic hydroxyl groups is 1. The normalized spacial score (nSPS) is 23.1. The number of phenolic OH excluding ortho intramolecular Hbond substituents is 1. The number of aromatic nitrogens is 2. The number of carbonyl (C=O) groups is 1. The lowest BCUT2D eigenvalue weighted by Crippen LogP contribution is -2.49. The Kier molecular flexibility index (Phi) is 5.55. The highest BCUT2D eigenvalue weighted by atomic mass is 19.1. The summed E-state index contributed by atoms with van der Waals surface area (Å²) in [6.45, 7) is -0.0805. The molecule has 5 rings (SSSR count). The minimum absolute atomic E-state index is 0.0687. The summed E-state index contributed by atoms with van der Waals surface area (Å²) in [5.41, 5.74) is 0.0432. The molecule has 2 aliphatic carbocycles. The van der Waals surface area contributed by atoms with E-state index in [1.54, 1.807) is 6.20 Å². The first-order valence-electron chi connectivity index (χ1n) is 11.4. The molecular formula is C23H28F2N6O2. The summed E-state index contributed by atoms with van der Waals surface area (Å²) in [5.74, 6) is -1.83. The van der Waals surface area contributed by atoms with Crippen molar-refractivity contribution in [2.24, 2.45) is 0 Å². The van der Waals surface area contributed by atoms with E-state index >= 15 is 0 Å². The smallest absolute Gasteiger partial charge is 0.330 e. The number of benzene rings is 1. The Hall–Kier alpha value is -3.01. The SMILES string of the molecule is CN(C)C1CCC(Nc2ncc3c(n2)N(C2CC2)C(=O)N(c2c(F)ccc(O)c2F)C3)CC1. The fourth-order valence-corrected chi connectivity index (χ4v) is 4.78. The summed E-state index contributed by atoms with van der Waals surface area (Å²) in [7, 11) is 4.21. The van der Waals surface area contributed by atoms with E-state index in [4.69, 9.17) is 0 Å². The van der Waals surface area contributed by atoms with Crippen LogP contribution >= 0.6 is 0 Å². The largest absolute Gasteiger partial charge is 0.505 e. The van der Waals surface area contributed by atoms with E-state index in [9.17, 15) is 18.7 Å². The third kappa shape index (κ3) is 4.07. The Morgan fingerprint density at radius 1 is 1.12 bits per heavy atom. The number of hydrogen-bond donors (Lipinski definition) is 2. The van der Waals surface area contributed by atoms with Crippen molar-refractivity contribution in [3.8, 4) is 5.75 Å². The first-order valence-corrected chi connectivity index (χ1v) is 11.4. The van der Waals surface area contributed by atoms with Crippen molar-refractivity contribution in [3.05, 3.63) is 35.5 Å². The minimum atomic E-state index is -1.16. The first kappa shape index (κ1) is 21.8. The number of nitrogens with zero attached hydrogens (tertiary/aromatic N) is 5. The lowest BCUT2D eigenvalue weighted by atomic mass is 9.91. The monoisotopic (exact) mass is 458 g/mol. The molecule has 1 aromatic carbocycles. The quantitative estimate of drug-likeness (QED) is 0.708. The van der Waals surface area contributed by atoms with Crippen molar-refractivity contribution >= 4 is 23.5 Å². The number of hydrogen-bond acceptors (Lipinski definition) is 6. The van der Waals surface area contributed by atoms with Crippen LogP contribution in [0.15, 0.2) is 18.3 Å². The molecule has 176 valence electrons. The highest BCUT2D eigenvalue weighted by Gasteiger charge is 2.43. The molecule has 1 aliphatic heterocycles. The lowest BCUT2D eigenvalue weighted by molar-refractivity contribution is 0.221. The van der Waals surface area contributed by atoms with E-state index in [2.05, 4.69) is 34.3 Å². The molecule has 0 saturated heterocycles. The molecule has 0 atom stereocenters. The number of anilines is 3. The van der Waals surface area contributed by atoms with E-state index in [1.807, 2.05) is 0 Å². The third-order valence-corrected chi connectivity index (χ3v) is 6.82. The van der Waals surface area contributed by atoms with Gasteiger partial charge in [0.05, 0.1) is 6.54 Å². The zero-order valence-corrected chi connectivity index (χ0v) is 18.8. The Morgan fingerprint density at radius 3 is 2.52 bits per heavy atom. The summed E-state index contributed by atoms with van der Waals surface area (Å²) in [5, 5.41) is 13.1. The van der Waals surface area contributed by atoms with Crippen LogP contribution in [-0.4, -0.2) is 58.2 Å². The van der Waals surface area contributed by atoms with Gasteiger partial charge >= 0.3 is 6.03 Å². The lowest BCUT2D eigenvalue weighted by Gasteiger charge is -2.37. The first-order chi connectivity index (χ1) is 15.8. The molecule has 10 heteroatoms. The Morgan fingerprint density at radius 2 is 1.85 bits per heavy atom. The van der Waals surface area contributed by atoms with Gasteiger partial charge in [-0.2, -0.15) is 4.98 Å². The predicted molar refractivity (Wildman–Crippen MR) is 120 cm³/mol. The Balaban J connectivity index is 1.41. The van der Waals surface area contributed by atoms with Gasteiger partial charge in [0.1, 0.15) is 17.3 Å². The molecule has 0 bridgehead atoms. The number of nitrogens with one attached hydrogen (secondary N) is 1. The van der Waals surface area contributed by atoms with Gasteiger partial charge in [-0.05, 0) is 64.8 Å². The maximum atomic E-state index is 14.6. The second-order valence-corrected chi connectivity index (χ2v) is 9.35. The minimum Gasteiger partial charge on any atom is -0.505 e. The number of urea groups is 1. The molecule has 3 aliphatic rings. The molecule has 33 heavy (non-hydrogen) atoms. The second kappa shape index (κ2) is 8.40. The number of fused-ring (bicyclic) bond motifs is 1. The number of phenols is 1. The number of carbonyl (C=O) groups excluding carboxylic acids is 1. The summed E-state index contributed by atoms with van der Waals surface area (Å²) in [6.07, 6.45) is 7.42. The van der Waals surface area contributed by atoms with Crippen LogP contribution in [0.4, 0.5) is 31.0 Å². The topological polar surface area (TPSA) is 84.8 Å². The average Bonchev–Trinajstić information content (AvgIpc) is 3.62. The van der Waals surface area contributed by atoms with Gasteiger partial charge in [0.25, 0.3) is 0 Å². The molecule has 0 radical (unpaired) electrons. The van der Waals surface area contributed by atoms with E-state index in [1.165, 1.54) is 4.90 Å². The summed E-state index contributed by atoms with van der Waals surface area (Å²) in [4.78, 5) is 27.2. The van der Waals surface area contributed by atoms with Gasteiger partial charge < -0.3 is 15.3 Å². The molecule has 1 aromatic heterocycles. The Labute approximate surface area is 191 Å².